The standard InChI is InChI=1S/C13H17FN2O/c1-3-10-13(4-2,7-12(17)16-10)11-6-5-9(14)8-15-11/h5-6,8,10H,3-4,7H2,1-2H3,(H,16,17). The number of nitrogens with zero attached hydrogens (tertiary/aromatic N) is 1. The molecule has 2 atom stereocenters. The van der Waals surface area contributed by atoms with Crippen molar-refractivity contribution in [2.24, 2.45) is 0 Å². The molecule has 4 heteroatoms. The van der Waals surface area contributed by atoms with Crippen molar-refractivity contribution in [3.63, 3.8) is 0 Å². The van der Waals surface area contributed by atoms with Crippen LogP contribution in [0.1, 0.15) is 38.8 Å². The van der Waals surface area contributed by atoms with Gasteiger partial charge in [-0.3, -0.25) is 9.78 Å². The Morgan fingerprint density at radius 2 is 2.29 bits per heavy atom. The lowest BCUT2D eigenvalue weighted by Gasteiger charge is -2.32. The van der Waals surface area contributed by atoms with Gasteiger partial charge in [-0.25, -0.2) is 4.39 Å². The molecule has 1 N–H and O–H groups in total. The van der Waals surface area contributed by atoms with E-state index < -0.39 is 0 Å². The molecule has 0 aliphatic carbocycles. The number of nitrogens with one attached hydrogen (secondary N) is 1. The summed E-state index contributed by atoms with van der Waals surface area (Å²) in [7, 11) is 0. The molecule has 2 heterocycles. The number of hydrogen-bond donors (Lipinski definition) is 1. The van der Waals surface area contributed by atoms with Crippen LogP contribution in [0.4, 0.5) is 4.39 Å². The zero-order valence-electron chi connectivity index (χ0n) is 10.2. The smallest absolute Gasteiger partial charge is 0.221 e. The number of aromatic nitrogens is 1. The van der Waals surface area contributed by atoms with E-state index in [1.807, 2.05) is 13.8 Å². The molecule has 1 saturated heterocycles. The Balaban J connectivity index is 2.42. The first kappa shape index (κ1) is 12.0. The summed E-state index contributed by atoms with van der Waals surface area (Å²) in [6.07, 6.45) is 3.35. The summed E-state index contributed by atoms with van der Waals surface area (Å²) < 4.78 is 12.9. The molecule has 1 aromatic rings. The highest BCUT2D eigenvalue weighted by Gasteiger charge is 2.46. The van der Waals surface area contributed by atoms with Crippen LogP contribution in [0.5, 0.6) is 0 Å². The van der Waals surface area contributed by atoms with Crippen LogP contribution < -0.4 is 5.32 Å². The molecule has 0 saturated carbocycles. The maximum Gasteiger partial charge on any atom is 0.221 e. The van der Waals surface area contributed by atoms with E-state index in [9.17, 15) is 9.18 Å². The number of carbonyl (C=O) groups excluding carboxylic acids is 1. The second kappa shape index (κ2) is 4.43. The van der Waals surface area contributed by atoms with Crippen molar-refractivity contribution in [3.8, 4) is 0 Å². The van der Waals surface area contributed by atoms with Crippen LogP contribution in [0, 0.1) is 5.82 Å². The summed E-state index contributed by atoms with van der Waals surface area (Å²) >= 11 is 0. The monoisotopic (exact) mass is 236 g/mol. The zero-order valence-corrected chi connectivity index (χ0v) is 10.2. The lowest BCUT2D eigenvalue weighted by atomic mass is 9.74. The fraction of sp³-hybridized carbons (Fsp3) is 0.538. The molecule has 2 unspecified atom stereocenters. The quantitative estimate of drug-likeness (QED) is 0.874. The van der Waals surface area contributed by atoms with Crippen molar-refractivity contribution in [2.45, 2.75) is 44.6 Å². The molecule has 17 heavy (non-hydrogen) atoms. The van der Waals surface area contributed by atoms with Crippen LogP contribution in [0.15, 0.2) is 18.3 Å². The fourth-order valence-electron chi connectivity index (χ4n) is 2.78. The normalized spacial score (nSPS) is 28.2. The highest BCUT2D eigenvalue weighted by molar-refractivity contribution is 5.81. The van der Waals surface area contributed by atoms with E-state index in [0.717, 1.165) is 18.5 Å². The first-order chi connectivity index (χ1) is 8.12. The molecule has 0 bridgehead atoms. The largest absolute Gasteiger partial charge is 0.352 e. The first-order valence-electron chi connectivity index (χ1n) is 6.03. The third-order valence-electron chi connectivity index (χ3n) is 3.75. The maximum atomic E-state index is 12.9. The minimum absolute atomic E-state index is 0.0600. The Morgan fingerprint density at radius 1 is 1.53 bits per heavy atom. The number of carbonyl (C=O) groups is 1. The van der Waals surface area contributed by atoms with Gasteiger partial charge in [-0.2, -0.15) is 0 Å². The zero-order chi connectivity index (χ0) is 12.5. The number of halogens is 1. The lowest BCUT2D eigenvalue weighted by Crippen LogP contribution is -2.40. The van der Waals surface area contributed by atoms with Crippen molar-refractivity contribution in [3.05, 3.63) is 29.8 Å². The number of amides is 1. The second-order valence-electron chi connectivity index (χ2n) is 4.58. The summed E-state index contributed by atoms with van der Waals surface area (Å²) in [5, 5.41) is 2.99. The molecule has 1 aliphatic rings. The van der Waals surface area contributed by atoms with Crippen molar-refractivity contribution in [1.29, 1.82) is 0 Å². The highest BCUT2D eigenvalue weighted by Crippen LogP contribution is 2.39. The van der Waals surface area contributed by atoms with E-state index in [0.29, 0.717) is 6.42 Å². The van der Waals surface area contributed by atoms with Gasteiger partial charge in [-0.05, 0) is 25.0 Å². The van der Waals surface area contributed by atoms with Gasteiger partial charge >= 0.3 is 0 Å². The van der Waals surface area contributed by atoms with E-state index in [1.54, 1.807) is 6.07 Å². The van der Waals surface area contributed by atoms with Crippen LogP contribution in [0.2, 0.25) is 0 Å². The molecule has 1 amide bonds. The minimum Gasteiger partial charge on any atom is -0.352 e. The summed E-state index contributed by atoms with van der Waals surface area (Å²) in [5.41, 5.74) is 0.533. The number of rotatable bonds is 3. The Kier molecular flexibility index (Phi) is 3.13. The average Bonchev–Trinajstić information content (AvgIpc) is 2.67. The molecular weight excluding hydrogens is 219 g/mol. The third-order valence-corrected chi connectivity index (χ3v) is 3.75. The highest BCUT2D eigenvalue weighted by atomic mass is 19.1. The predicted molar refractivity (Wildman–Crippen MR) is 63.0 cm³/mol. The molecule has 0 spiro atoms. The second-order valence-corrected chi connectivity index (χ2v) is 4.58. The van der Waals surface area contributed by atoms with E-state index in [1.165, 1.54) is 12.3 Å². The van der Waals surface area contributed by atoms with E-state index >= 15 is 0 Å². The number of pyridine rings is 1. The van der Waals surface area contributed by atoms with E-state index in [2.05, 4.69) is 10.3 Å². The Labute approximate surface area is 100 Å². The maximum absolute atomic E-state index is 12.9. The molecule has 1 aliphatic heterocycles. The SMILES string of the molecule is CCC1NC(=O)CC1(CC)c1ccc(F)cn1. The molecule has 0 aromatic carbocycles. The molecule has 1 aromatic heterocycles. The van der Waals surface area contributed by atoms with Crippen LogP contribution in [0.3, 0.4) is 0 Å². The lowest BCUT2D eigenvalue weighted by molar-refractivity contribution is -0.119. The van der Waals surface area contributed by atoms with Gasteiger partial charge in [0.15, 0.2) is 0 Å². The Bertz CT molecular complexity index is 418. The van der Waals surface area contributed by atoms with Crippen molar-refractivity contribution >= 4 is 5.91 Å². The van der Waals surface area contributed by atoms with Gasteiger partial charge < -0.3 is 5.32 Å². The van der Waals surface area contributed by atoms with Crippen molar-refractivity contribution in [2.75, 3.05) is 0 Å². The van der Waals surface area contributed by atoms with Crippen LogP contribution in [-0.2, 0) is 10.2 Å². The van der Waals surface area contributed by atoms with Gasteiger partial charge in [0.25, 0.3) is 0 Å². The average molecular weight is 236 g/mol. The molecule has 2 rings (SSSR count). The van der Waals surface area contributed by atoms with Gasteiger partial charge in [0, 0.05) is 23.6 Å². The summed E-state index contributed by atoms with van der Waals surface area (Å²) in [5.74, 6) is -0.282. The van der Waals surface area contributed by atoms with Gasteiger partial charge in [0.1, 0.15) is 5.82 Å². The molecule has 92 valence electrons. The summed E-state index contributed by atoms with van der Waals surface area (Å²) in [6.45, 7) is 4.10. The molecule has 0 radical (unpaired) electrons. The van der Waals surface area contributed by atoms with Crippen molar-refractivity contribution in [1.82, 2.24) is 10.3 Å². The van der Waals surface area contributed by atoms with Gasteiger partial charge in [-0.1, -0.05) is 13.8 Å². The number of hydrogen-bond acceptors (Lipinski definition) is 2. The van der Waals surface area contributed by atoms with E-state index in [-0.39, 0.29) is 23.2 Å². The topological polar surface area (TPSA) is 42.0 Å². The molecular formula is C13H17FN2O. The van der Waals surface area contributed by atoms with E-state index in [4.69, 9.17) is 0 Å². The predicted octanol–water partition coefficient (Wildman–Crippen LogP) is 2.17. The minimum atomic E-state index is -0.342. The Hall–Kier alpha value is -1.45. The molecule has 3 nitrogen and oxygen atoms in total. The summed E-state index contributed by atoms with van der Waals surface area (Å²) in [6, 6.07) is 3.20. The van der Waals surface area contributed by atoms with Gasteiger partial charge in [-0.15, -0.1) is 0 Å². The Morgan fingerprint density at radius 3 is 2.82 bits per heavy atom. The fourth-order valence-corrected chi connectivity index (χ4v) is 2.78. The van der Waals surface area contributed by atoms with Gasteiger partial charge in [0.05, 0.1) is 6.20 Å². The van der Waals surface area contributed by atoms with Gasteiger partial charge in [0.2, 0.25) is 5.91 Å². The van der Waals surface area contributed by atoms with Crippen molar-refractivity contribution < 1.29 is 9.18 Å². The van der Waals surface area contributed by atoms with Crippen LogP contribution >= 0.6 is 0 Å². The van der Waals surface area contributed by atoms with Crippen LogP contribution in [0.25, 0.3) is 0 Å². The van der Waals surface area contributed by atoms with Crippen LogP contribution in [-0.4, -0.2) is 16.9 Å². The first-order valence-corrected chi connectivity index (χ1v) is 6.03. The molecule has 1 fully saturated rings. The summed E-state index contributed by atoms with van der Waals surface area (Å²) in [4.78, 5) is 15.8. The third kappa shape index (κ3) is 1.92.